The first-order chi connectivity index (χ1) is 7.69. The van der Waals surface area contributed by atoms with E-state index in [4.69, 9.17) is 5.73 Å². The van der Waals surface area contributed by atoms with Crippen LogP contribution in [0.3, 0.4) is 0 Å². The maximum absolute atomic E-state index is 10.9. The maximum atomic E-state index is 10.9. The van der Waals surface area contributed by atoms with Gasteiger partial charge in [-0.1, -0.05) is 11.3 Å². The second kappa shape index (κ2) is 4.36. The molecule has 84 valence electrons. The Kier molecular flexibility index (Phi) is 2.91. The van der Waals surface area contributed by atoms with E-state index in [1.807, 2.05) is 12.1 Å². The smallest absolute Gasteiger partial charge is 0.325 e. The third-order valence-corrected chi connectivity index (χ3v) is 3.00. The van der Waals surface area contributed by atoms with E-state index in [1.54, 1.807) is 6.07 Å². The monoisotopic (exact) mass is 237 g/mol. The van der Waals surface area contributed by atoms with Crippen LogP contribution in [0.15, 0.2) is 18.2 Å². The van der Waals surface area contributed by atoms with Crippen LogP contribution in [0.1, 0.15) is 0 Å². The first-order valence-corrected chi connectivity index (χ1v) is 5.47. The molecule has 2 aromatic rings. The van der Waals surface area contributed by atoms with Crippen molar-refractivity contribution in [3.8, 4) is 0 Å². The molecule has 0 fully saturated rings. The van der Waals surface area contributed by atoms with Crippen molar-refractivity contribution in [2.45, 2.75) is 0 Å². The molecule has 0 unspecified atom stereocenters. The molecule has 0 radical (unpaired) electrons. The second-order valence-electron chi connectivity index (χ2n) is 3.18. The Morgan fingerprint density at radius 1 is 1.62 bits per heavy atom. The van der Waals surface area contributed by atoms with E-state index >= 15 is 0 Å². The van der Waals surface area contributed by atoms with Gasteiger partial charge in [-0.25, -0.2) is 4.98 Å². The molecule has 3 N–H and O–H groups in total. The van der Waals surface area contributed by atoms with E-state index in [0.29, 0.717) is 10.8 Å². The summed E-state index contributed by atoms with van der Waals surface area (Å²) in [6.07, 6.45) is 0. The number of anilines is 2. The molecule has 0 saturated carbocycles. The number of fused-ring (bicyclic) bond motifs is 1. The average Bonchev–Trinajstić information content (AvgIpc) is 2.67. The van der Waals surface area contributed by atoms with Crippen molar-refractivity contribution >= 4 is 38.3 Å². The van der Waals surface area contributed by atoms with Gasteiger partial charge in [-0.05, 0) is 18.2 Å². The number of nitrogens with two attached hydrogens (primary N) is 1. The van der Waals surface area contributed by atoms with Crippen LogP contribution in [-0.4, -0.2) is 24.6 Å². The van der Waals surface area contributed by atoms with Crippen molar-refractivity contribution in [3.05, 3.63) is 18.2 Å². The summed E-state index contributed by atoms with van der Waals surface area (Å²) in [6.45, 7) is 0.117. The van der Waals surface area contributed by atoms with Crippen molar-refractivity contribution in [3.63, 3.8) is 0 Å². The summed E-state index contributed by atoms with van der Waals surface area (Å²) in [5, 5.41) is 3.58. The lowest BCUT2D eigenvalue weighted by Gasteiger charge is -1.98. The van der Waals surface area contributed by atoms with Gasteiger partial charge < -0.3 is 15.8 Å². The van der Waals surface area contributed by atoms with Gasteiger partial charge in [0.05, 0.1) is 17.3 Å². The number of benzene rings is 1. The molecule has 0 aliphatic carbocycles. The average molecular weight is 237 g/mol. The summed E-state index contributed by atoms with van der Waals surface area (Å²) < 4.78 is 5.51. The largest absolute Gasteiger partial charge is 0.468 e. The van der Waals surface area contributed by atoms with Crippen LogP contribution in [0.5, 0.6) is 0 Å². The minimum absolute atomic E-state index is 0.117. The molecule has 0 spiro atoms. The molecule has 0 bridgehead atoms. The number of carbonyl (C=O) groups is 1. The first-order valence-electron chi connectivity index (χ1n) is 4.66. The van der Waals surface area contributed by atoms with Gasteiger partial charge >= 0.3 is 5.97 Å². The second-order valence-corrected chi connectivity index (χ2v) is 4.21. The van der Waals surface area contributed by atoms with Gasteiger partial charge in [0, 0.05) is 5.69 Å². The van der Waals surface area contributed by atoms with Crippen LogP contribution >= 0.6 is 11.3 Å². The zero-order valence-electron chi connectivity index (χ0n) is 8.69. The normalized spacial score (nSPS) is 10.3. The maximum Gasteiger partial charge on any atom is 0.325 e. The highest BCUT2D eigenvalue weighted by Gasteiger charge is 2.05. The molecule has 1 aromatic carbocycles. The Morgan fingerprint density at radius 3 is 3.19 bits per heavy atom. The molecule has 1 aromatic heterocycles. The van der Waals surface area contributed by atoms with E-state index in [0.717, 1.165) is 10.2 Å². The summed E-state index contributed by atoms with van der Waals surface area (Å²) in [5.74, 6) is -0.321. The first kappa shape index (κ1) is 10.7. The van der Waals surface area contributed by atoms with E-state index in [9.17, 15) is 4.79 Å². The SMILES string of the molecule is COC(=O)CNc1nc2ccc(N)cc2s1. The number of carbonyl (C=O) groups excluding carboxylic acids is 1. The molecule has 0 atom stereocenters. The number of hydrogen-bond donors (Lipinski definition) is 2. The predicted molar refractivity (Wildman–Crippen MR) is 64.5 cm³/mol. The molecule has 0 saturated heterocycles. The predicted octanol–water partition coefficient (Wildman–Crippen LogP) is 1.46. The summed E-state index contributed by atoms with van der Waals surface area (Å²) in [7, 11) is 1.35. The number of methoxy groups -OCH3 is 1. The number of hydrogen-bond acceptors (Lipinski definition) is 6. The number of esters is 1. The van der Waals surface area contributed by atoms with Crippen molar-refractivity contribution in [1.29, 1.82) is 0 Å². The fraction of sp³-hybridized carbons (Fsp3) is 0.200. The molecule has 0 aliphatic heterocycles. The third kappa shape index (κ3) is 2.22. The standard InChI is InChI=1S/C10H11N3O2S/c1-15-9(14)5-12-10-13-7-3-2-6(11)4-8(7)16-10/h2-4H,5,11H2,1H3,(H,12,13). The van der Waals surface area contributed by atoms with Crippen LogP contribution in [0, 0.1) is 0 Å². The van der Waals surface area contributed by atoms with E-state index in [2.05, 4.69) is 15.0 Å². The van der Waals surface area contributed by atoms with Gasteiger partial charge in [-0.15, -0.1) is 0 Å². The Bertz CT molecular complexity index is 524. The highest BCUT2D eigenvalue weighted by atomic mass is 32.1. The quantitative estimate of drug-likeness (QED) is 0.624. The molecule has 0 amide bonds. The summed E-state index contributed by atoms with van der Waals surface area (Å²) in [6, 6.07) is 5.51. The molecule has 6 heteroatoms. The number of ether oxygens (including phenoxy) is 1. The lowest BCUT2D eigenvalue weighted by molar-refractivity contribution is -0.138. The Labute approximate surface area is 96.2 Å². The third-order valence-electron chi connectivity index (χ3n) is 2.02. The van der Waals surface area contributed by atoms with Gasteiger partial charge in [0.1, 0.15) is 6.54 Å². The summed E-state index contributed by atoms with van der Waals surface area (Å²) >= 11 is 1.45. The Balaban J connectivity index is 2.16. The van der Waals surface area contributed by atoms with Gasteiger partial charge in [0.15, 0.2) is 5.13 Å². The fourth-order valence-electron chi connectivity index (χ4n) is 1.24. The van der Waals surface area contributed by atoms with Gasteiger partial charge in [0.2, 0.25) is 0 Å². The molecule has 0 aliphatic rings. The molecule has 1 heterocycles. The van der Waals surface area contributed by atoms with Crippen LogP contribution in [-0.2, 0) is 9.53 Å². The van der Waals surface area contributed by atoms with Crippen molar-refractivity contribution in [2.75, 3.05) is 24.7 Å². The lowest BCUT2D eigenvalue weighted by Crippen LogP contribution is -2.14. The topological polar surface area (TPSA) is 77.2 Å². The van der Waals surface area contributed by atoms with E-state index in [-0.39, 0.29) is 12.5 Å². The molecular weight excluding hydrogens is 226 g/mol. The van der Waals surface area contributed by atoms with Gasteiger partial charge in [-0.3, -0.25) is 4.79 Å². The van der Waals surface area contributed by atoms with Crippen LogP contribution in [0.4, 0.5) is 10.8 Å². The Morgan fingerprint density at radius 2 is 2.44 bits per heavy atom. The van der Waals surface area contributed by atoms with E-state index < -0.39 is 0 Å². The zero-order chi connectivity index (χ0) is 11.5. The zero-order valence-corrected chi connectivity index (χ0v) is 9.50. The minimum Gasteiger partial charge on any atom is -0.468 e. The van der Waals surface area contributed by atoms with E-state index in [1.165, 1.54) is 18.4 Å². The van der Waals surface area contributed by atoms with Crippen LogP contribution < -0.4 is 11.1 Å². The highest BCUT2D eigenvalue weighted by Crippen LogP contribution is 2.27. The molecule has 2 rings (SSSR count). The number of nitrogens with one attached hydrogen (secondary N) is 1. The number of aromatic nitrogens is 1. The van der Waals surface area contributed by atoms with Gasteiger partial charge in [0.25, 0.3) is 0 Å². The number of nitrogen functional groups attached to an aromatic ring is 1. The Hall–Kier alpha value is -1.82. The van der Waals surface area contributed by atoms with Crippen LogP contribution in [0.25, 0.3) is 10.2 Å². The fourth-order valence-corrected chi connectivity index (χ4v) is 2.15. The summed E-state index contributed by atoms with van der Waals surface area (Å²) in [4.78, 5) is 15.2. The minimum atomic E-state index is -0.321. The summed E-state index contributed by atoms with van der Waals surface area (Å²) in [5.41, 5.74) is 7.23. The molecular formula is C10H11N3O2S. The van der Waals surface area contributed by atoms with Gasteiger partial charge in [-0.2, -0.15) is 0 Å². The van der Waals surface area contributed by atoms with Crippen molar-refractivity contribution < 1.29 is 9.53 Å². The lowest BCUT2D eigenvalue weighted by atomic mass is 10.3. The molecule has 16 heavy (non-hydrogen) atoms. The molecule has 5 nitrogen and oxygen atoms in total. The number of thiazole rings is 1. The number of rotatable bonds is 3. The highest BCUT2D eigenvalue weighted by molar-refractivity contribution is 7.22. The van der Waals surface area contributed by atoms with Crippen molar-refractivity contribution in [2.24, 2.45) is 0 Å². The number of nitrogens with zero attached hydrogens (tertiary/aromatic N) is 1. The van der Waals surface area contributed by atoms with Crippen LogP contribution in [0.2, 0.25) is 0 Å². The van der Waals surface area contributed by atoms with Crippen molar-refractivity contribution in [1.82, 2.24) is 4.98 Å².